The van der Waals surface area contributed by atoms with E-state index in [0.29, 0.717) is 6.42 Å². The van der Waals surface area contributed by atoms with Gasteiger partial charge in [0.25, 0.3) is 0 Å². The Morgan fingerprint density at radius 2 is 1.82 bits per heavy atom. The van der Waals surface area contributed by atoms with Crippen molar-refractivity contribution in [2.45, 2.75) is 25.2 Å². The Kier molecular flexibility index (Phi) is 4.12. The zero-order valence-corrected chi connectivity index (χ0v) is 13.8. The number of piperidine rings is 1. The highest BCUT2D eigenvalue weighted by atomic mass is 79.9. The third-order valence-corrected chi connectivity index (χ3v) is 4.64. The fraction of sp³-hybridized carbons (Fsp3) is 0.222. The molecule has 1 heterocycles. The van der Waals surface area contributed by atoms with Gasteiger partial charge in [-0.25, -0.2) is 0 Å². The van der Waals surface area contributed by atoms with Crippen LogP contribution in [-0.2, 0) is 9.59 Å². The number of nitrogens with one attached hydrogen (secondary N) is 1. The molecule has 1 aliphatic heterocycles. The van der Waals surface area contributed by atoms with E-state index in [4.69, 9.17) is 0 Å². The van der Waals surface area contributed by atoms with Crippen LogP contribution < -0.4 is 5.32 Å². The van der Waals surface area contributed by atoms with Gasteiger partial charge in [-0.15, -0.1) is 0 Å². The molecule has 0 bridgehead atoms. The highest BCUT2D eigenvalue weighted by Crippen LogP contribution is 2.39. The van der Waals surface area contributed by atoms with Gasteiger partial charge in [0, 0.05) is 16.8 Å². The number of amides is 2. The van der Waals surface area contributed by atoms with Crippen LogP contribution in [0.4, 0.5) is 0 Å². The van der Waals surface area contributed by atoms with Gasteiger partial charge in [0.2, 0.25) is 11.8 Å². The molecule has 2 aromatic rings. The molecule has 1 fully saturated rings. The van der Waals surface area contributed by atoms with E-state index in [-0.39, 0.29) is 23.7 Å². The standard InChI is InChI=1S/C18H16BrNO2/c1-11-9-13(19)7-8-14(11)17-15(10-16(21)20-18(17)22)12-5-3-2-4-6-12/h2-9,15,17H,10H2,1H3,(H,20,21,22)/t15-,17-/m1/s1. The number of rotatable bonds is 2. The normalized spacial score (nSPS) is 21.5. The van der Waals surface area contributed by atoms with Crippen LogP contribution in [0.25, 0.3) is 0 Å². The second-order valence-electron chi connectivity index (χ2n) is 5.61. The minimum absolute atomic E-state index is 0.123. The number of aryl methyl sites for hydroxylation is 1. The topological polar surface area (TPSA) is 46.2 Å². The number of carbonyl (C=O) groups is 2. The Morgan fingerprint density at radius 1 is 1.09 bits per heavy atom. The summed E-state index contributed by atoms with van der Waals surface area (Å²) in [5.74, 6) is -0.879. The van der Waals surface area contributed by atoms with E-state index in [9.17, 15) is 9.59 Å². The van der Waals surface area contributed by atoms with E-state index >= 15 is 0 Å². The number of halogens is 1. The lowest BCUT2D eigenvalue weighted by molar-refractivity contribution is -0.135. The molecular formula is C18H16BrNO2. The van der Waals surface area contributed by atoms with E-state index < -0.39 is 0 Å². The summed E-state index contributed by atoms with van der Waals surface area (Å²) in [6, 6.07) is 15.7. The molecule has 0 saturated carbocycles. The van der Waals surface area contributed by atoms with Gasteiger partial charge in [0.05, 0.1) is 5.92 Å². The molecule has 2 amide bonds. The summed E-state index contributed by atoms with van der Waals surface area (Å²) in [5, 5.41) is 2.48. The lowest BCUT2D eigenvalue weighted by atomic mass is 9.75. The molecule has 112 valence electrons. The molecule has 0 spiro atoms. The highest BCUT2D eigenvalue weighted by molar-refractivity contribution is 9.10. The molecule has 0 radical (unpaired) electrons. The number of benzene rings is 2. The minimum atomic E-state index is -0.340. The highest BCUT2D eigenvalue weighted by Gasteiger charge is 2.38. The largest absolute Gasteiger partial charge is 0.296 e. The summed E-state index contributed by atoms with van der Waals surface area (Å²) in [7, 11) is 0. The average Bonchev–Trinajstić information content (AvgIpc) is 2.49. The average molecular weight is 358 g/mol. The first-order chi connectivity index (χ1) is 10.6. The SMILES string of the molecule is Cc1cc(Br)ccc1[C@H]1C(=O)NC(=O)C[C@@H]1c1ccccc1. The van der Waals surface area contributed by atoms with Crippen LogP contribution in [0.15, 0.2) is 53.0 Å². The molecule has 3 rings (SSSR count). The Morgan fingerprint density at radius 3 is 2.50 bits per heavy atom. The maximum atomic E-state index is 12.5. The van der Waals surface area contributed by atoms with E-state index in [2.05, 4.69) is 21.2 Å². The third kappa shape index (κ3) is 2.83. The minimum Gasteiger partial charge on any atom is -0.296 e. The van der Waals surface area contributed by atoms with Crippen molar-refractivity contribution in [3.63, 3.8) is 0 Å². The molecule has 0 aliphatic carbocycles. The summed E-state index contributed by atoms with van der Waals surface area (Å²) >= 11 is 3.45. The molecule has 0 aromatic heterocycles. The van der Waals surface area contributed by atoms with Gasteiger partial charge in [-0.1, -0.05) is 52.3 Å². The zero-order valence-electron chi connectivity index (χ0n) is 12.2. The molecule has 22 heavy (non-hydrogen) atoms. The van der Waals surface area contributed by atoms with Gasteiger partial charge >= 0.3 is 0 Å². The van der Waals surface area contributed by atoms with E-state index in [1.165, 1.54) is 0 Å². The van der Waals surface area contributed by atoms with Gasteiger partial charge in [-0.3, -0.25) is 14.9 Å². The first kappa shape index (κ1) is 15.0. The van der Waals surface area contributed by atoms with E-state index in [1.54, 1.807) is 0 Å². The first-order valence-electron chi connectivity index (χ1n) is 7.21. The van der Waals surface area contributed by atoms with Crippen molar-refractivity contribution in [3.8, 4) is 0 Å². The van der Waals surface area contributed by atoms with Crippen LogP contribution >= 0.6 is 15.9 Å². The lowest BCUT2D eigenvalue weighted by Crippen LogP contribution is -2.43. The predicted octanol–water partition coefficient (Wildman–Crippen LogP) is 3.67. The second kappa shape index (κ2) is 6.05. The molecular weight excluding hydrogens is 342 g/mol. The fourth-order valence-corrected chi connectivity index (χ4v) is 3.60. The Hall–Kier alpha value is -1.94. The summed E-state index contributed by atoms with van der Waals surface area (Å²) in [5.41, 5.74) is 3.05. The van der Waals surface area contributed by atoms with Gasteiger partial charge in [-0.05, 0) is 35.7 Å². The smallest absolute Gasteiger partial charge is 0.234 e. The number of carbonyl (C=O) groups excluding carboxylic acids is 2. The second-order valence-corrected chi connectivity index (χ2v) is 6.53. The van der Waals surface area contributed by atoms with Crippen LogP contribution in [0.2, 0.25) is 0 Å². The van der Waals surface area contributed by atoms with Crippen molar-refractivity contribution in [1.29, 1.82) is 0 Å². The molecule has 1 aliphatic rings. The van der Waals surface area contributed by atoms with Gasteiger partial charge < -0.3 is 0 Å². The summed E-state index contributed by atoms with van der Waals surface area (Å²) in [4.78, 5) is 24.3. The number of hydrogen-bond acceptors (Lipinski definition) is 2. The summed E-state index contributed by atoms with van der Waals surface area (Å²) < 4.78 is 0.984. The van der Waals surface area contributed by atoms with Crippen molar-refractivity contribution in [2.75, 3.05) is 0 Å². The van der Waals surface area contributed by atoms with Crippen LogP contribution in [0.1, 0.15) is 34.9 Å². The van der Waals surface area contributed by atoms with Crippen molar-refractivity contribution in [3.05, 3.63) is 69.7 Å². The van der Waals surface area contributed by atoms with Crippen molar-refractivity contribution >= 4 is 27.7 Å². The Bertz CT molecular complexity index is 727. The van der Waals surface area contributed by atoms with Crippen molar-refractivity contribution < 1.29 is 9.59 Å². The quantitative estimate of drug-likeness (QED) is 0.833. The molecule has 3 nitrogen and oxygen atoms in total. The Balaban J connectivity index is 2.08. The summed E-state index contributed by atoms with van der Waals surface area (Å²) in [6.07, 6.45) is 0.329. The van der Waals surface area contributed by atoms with Crippen LogP contribution in [0, 0.1) is 6.92 Å². The zero-order chi connectivity index (χ0) is 15.7. The molecule has 1 saturated heterocycles. The third-order valence-electron chi connectivity index (χ3n) is 4.15. The van der Waals surface area contributed by atoms with Gasteiger partial charge in [-0.2, -0.15) is 0 Å². The van der Waals surface area contributed by atoms with Crippen molar-refractivity contribution in [1.82, 2.24) is 5.32 Å². The fourth-order valence-electron chi connectivity index (χ4n) is 3.12. The first-order valence-corrected chi connectivity index (χ1v) is 8.00. The van der Waals surface area contributed by atoms with E-state index in [1.807, 2.05) is 55.5 Å². The molecule has 0 unspecified atom stereocenters. The van der Waals surface area contributed by atoms with Gasteiger partial charge in [0.1, 0.15) is 0 Å². The van der Waals surface area contributed by atoms with Crippen LogP contribution in [0.5, 0.6) is 0 Å². The van der Waals surface area contributed by atoms with Gasteiger partial charge in [0.15, 0.2) is 0 Å². The van der Waals surface area contributed by atoms with Crippen molar-refractivity contribution in [2.24, 2.45) is 0 Å². The number of imide groups is 1. The van der Waals surface area contributed by atoms with E-state index in [0.717, 1.165) is 21.2 Å². The van der Waals surface area contributed by atoms with Crippen LogP contribution in [-0.4, -0.2) is 11.8 Å². The van der Waals surface area contributed by atoms with Crippen LogP contribution in [0.3, 0.4) is 0 Å². The molecule has 2 aromatic carbocycles. The maximum absolute atomic E-state index is 12.5. The lowest BCUT2D eigenvalue weighted by Gasteiger charge is -2.31. The predicted molar refractivity (Wildman–Crippen MR) is 88.6 cm³/mol. The number of hydrogen-bond donors (Lipinski definition) is 1. The monoisotopic (exact) mass is 357 g/mol. The summed E-state index contributed by atoms with van der Waals surface area (Å²) in [6.45, 7) is 1.99. The Labute approximate surface area is 137 Å². The maximum Gasteiger partial charge on any atom is 0.234 e. The molecule has 4 heteroatoms. The molecule has 1 N–H and O–H groups in total. The molecule has 2 atom stereocenters.